The molecule has 1 nitrogen and oxygen atoms in total. The highest BCUT2D eigenvalue weighted by Crippen LogP contribution is 2.26. The van der Waals surface area contributed by atoms with Gasteiger partial charge in [0.25, 0.3) is 0 Å². The summed E-state index contributed by atoms with van der Waals surface area (Å²) in [4.78, 5) is 11.3. The lowest BCUT2D eigenvalue weighted by Crippen LogP contribution is -2.00. The van der Waals surface area contributed by atoms with Crippen molar-refractivity contribution in [1.29, 1.82) is 0 Å². The van der Waals surface area contributed by atoms with E-state index in [0.717, 1.165) is 15.6 Å². The number of benzene rings is 1. The molecule has 0 atom stereocenters. The molecule has 0 heterocycles. The maximum absolute atomic E-state index is 11.3. The molecule has 13 heavy (non-hydrogen) atoms. The van der Waals surface area contributed by atoms with Crippen LogP contribution in [0.5, 0.6) is 0 Å². The van der Waals surface area contributed by atoms with Gasteiger partial charge >= 0.3 is 0 Å². The maximum Gasteiger partial charge on any atom is 0.160 e. The first-order valence-electron chi connectivity index (χ1n) is 4.18. The first kappa shape index (κ1) is 8.94. The molecule has 0 unspecified atom stereocenters. The van der Waals surface area contributed by atoms with Crippen molar-refractivity contribution in [1.82, 2.24) is 0 Å². The van der Waals surface area contributed by atoms with Gasteiger partial charge in [0.15, 0.2) is 5.78 Å². The van der Waals surface area contributed by atoms with E-state index in [9.17, 15) is 4.79 Å². The van der Waals surface area contributed by atoms with Gasteiger partial charge in [-0.15, -0.1) is 0 Å². The van der Waals surface area contributed by atoms with Crippen LogP contribution >= 0.6 is 22.6 Å². The summed E-state index contributed by atoms with van der Waals surface area (Å²) in [6.07, 6.45) is 5.10. The Bertz CT molecular complexity index is 405. The maximum atomic E-state index is 11.3. The first-order chi connectivity index (χ1) is 6.18. The van der Waals surface area contributed by atoms with Crippen LogP contribution in [0.3, 0.4) is 0 Å². The van der Waals surface area contributed by atoms with Gasteiger partial charge in [-0.05, 0) is 59.2 Å². The number of Topliss-reactive ketones (excluding diaryl/α,β-unsaturated/α-hetero) is 1. The topological polar surface area (TPSA) is 17.1 Å². The van der Waals surface area contributed by atoms with E-state index in [1.165, 1.54) is 11.1 Å². The van der Waals surface area contributed by atoms with Crippen molar-refractivity contribution in [3.63, 3.8) is 0 Å². The summed E-state index contributed by atoms with van der Waals surface area (Å²) >= 11 is 2.25. The van der Waals surface area contributed by atoms with Crippen molar-refractivity contribution < 1.29 is 4.79 Å². The molecule has 2 rings (SSSR count). The van der Waals surface area contributed by atoms with E-state index in [4.69, 9.17) is 0 Å². The minimum absolute atomic E-state index is 0.165. The second-order valence-corrected chi connectivity index (χ2v) is 4.43. The zero-order valence-corrected chi connectivity index (χ0v) is 9.46. The highest BCUT2D eigenvalue weighted by molar-refractivity contribution is 14.1. The molecule has 0 spiro atoms. The van der Waals surface area contributed by atoms with Crippen LogP contribution in [0, 0.1) is 3.57 Å². The van der Waals surface area contributed by atoms with Crippen molar-refractivity contribution in [3.8, 4) is 0 Å². The number of rotatable bonds is 1. The van der Waals surface area contributed by atoms with E-state index >= 15 is 0 Å². The predicted molar refractivity (Wildman–Crippen MR) is 61.9 cm³/mol. The smallest absolute Gasteiger partial charge is 0.160 e. The Morgan fingerprint density at radius 2 is 2.23 bits per heavy atom. The molecule has 2 heteroatoms. The third-order valence-electron chi connectivity index (χ3n) is 2.25. The number of allylic oxidation sites excluding steroid dienone is 1. The number of carbonyl (C=O) groups excluding carboxylic acids is 1. The molecular formula is C11H9IO. The molecule has 0 amide bonds. The van der Waals surface area contributed by atoms with Crippen LogP contribution in [0.4, 0.5) is 0 Å². The van der Waals surface area contributed by atoms with Gasteiger partial charge in [0.2, 0.25) is 0 Å². The molecule has 66 valence electrons. The van der Waals surface area contributed by atoms with Crippen LogP contribution in [0.2, 0.25) is 0 Å². The molecule has 0 fully saturated rings. The van der Waals surface area contributed by atoms with E-state index < -0.39 is 0 Å². The zero-order chi connectivity index (χ0) is 9.42. The lowest BCUT2D eigenvalue weighted by Gasteiger charge is -2.05. The summed E-state index contributed by atoms with van der Waals surface area (Å²) in [5.74, 6) is 0.165. The third-order valence-corrected chi connectivity index (χ3v) is 2.87. The summed E-state index contributed by atoms with van der Waals surface area (Å²) < 4.78 is 1.13. The van der Waals surface area contributed by atoms with Crippen LogP contribution in [0.1, 0.15) is 28.4 Å². The van der Waals surface area contributed by atoms with Crippen LogP contribution in [-0.4, -0.2) is 5.78 Å². The first-order valence-corrected chi connectivity index (χ1v) is 5.26. The van der Waals surface area contributed by atoms with Crippen molar-refractivity contribution in [2.75, 3.05) is 0 Å². The summed E-state index contributed by atoms with van der Waals surface area (Å²) in [7, 11) is 0. The SMILES string of the molecule is CC(=O)c1cc(I)cc2c1CC=C2. The lowest BCUT2D eigenvalue weighted by atomic mass is 10.0. The molecule has 0 saturated carbocycles. The van der Waals surface area contributed by atoms with E-state index in [-0.39, 0.29) is 5.78 Å². The minimum atomic E-state index is 0.165. The molecule has 0 N–H and O–H groups in total. The molecule has 1 aromatic carbocycles. The fourth-order valence-electron chi connectivity index (χ4n) is 1.65. The van der Waals surface area contributed by atoms with Crippen LogP contribution in [0.15, 0.2) is 18.2 Å². The lowest BCUT2D eigenvalue weighted by molar-refractivity contribution is 0.101. The Balaban J connectivity index is 2.66. The molecule has 0 bridgehead atoms. The molecule has 1 aliphatic rings. The minimum Gasteiger partial charge on any atom is -0.294 e. The average Bonchev–Trinajstić information content (AvgIpc) is 2.49. The largest absolute Gasteiger partial charge is 0.294 e. The fourth-order valence-corrected chi connectivity index (χ4v) is 2.30. The van der Waals surface area contributed by atoms with E-state index in [1.54, 1.807) is 6.92 Å². The molecule has 1 aliphatic carbocycles. The van der Waals surface area contributed by atoms with Crippen LogP contribution in [-0.2, 0) is 6.42 Å². The monoisotopic (exact) mass is 284 g/mol. The Hall–Kier alpha value is -0.640. The second kappa shape index (κ2) is 3.25. The highest BCUT2D eigenvalue weighted by atomic mass is 127. The molecule has 0 saturated heterocycles. The summed E-state index contributed by atoms with van der Waals surface area (Å²) in [5.41, 5.74) is 3.27. The summed E-state index contributed by atoms with van der Waals surface area (Å²) in [5, 5.41) is 0. The Labute approximate surface area is 91.0 Å². The average molecular weight is 284 g/mol. The van der Waals surface area contributed by atoms with Crippen molar-refractivity contribution in [2.45, 2.75) is 13.3 Å². The molecule has 1 aromatic rings. The quantitative estimate of drug-likeness (QED) is 0.572. The van der Waals surface area contributed by atoms with Gasteiger partial charge in [-0.25, -0.2) is 0 Å². The van der Waals surface area contributed by atoms with Gasteiger partial charge < -0.3 is 0 Å². The van der Waals surface area contributed by atoms with Gasteiger partial charge in [0.1, 0.15) is 0 Å². The van der Waals surface area contributed by atoms with Crippen molar-refractivity contribution >= 4 is 34.5 Å². The van der Waals surface area contributed by atoms with Gasteiger partial charge in [-0.3, -0.25) is 4.79 Å². The number of hydrogen-bond donors (Lipinski definition) is 0. The summed E-state index contributed by atoms with van der Waals surface area (Å²) in [6, 6.07) is 4.08. The van der Waals surface area contributed by atoms with E-state index in [1.807, 2.05) is 6.07 Å². The molecular weight excluding hydrogens is 275 g/mol. The van der Waals surface area contributed by atoms with E-state index in [0.29, 0.717) is 0 Å². The van der Waals surface area contributed by atoms with Gasteiger partial charge in [0, 0.05) is 9.13 Å². The van der Waals surface area contributed by atoms with Crippen molar-refractivity contribution in [2.24, 2.45) is 0 Å². The Morgan fingerprint density at radius 1 is 1.46 bits per heavy atom. The zero-order valence-electron chi connectivity index (χ0n) is 7.30. The van der Waals surface area contributed by atoms with Gasteiger partial charge in [0.05, 0.1) is 0 Å². The van der Waals surface area contributed by atoms with Gasteiger partial charge in [-0.1, -0.05) is 12.2 Å². The second-order valence-electron chi connectivity index (χ2n) is 3.18. The Morgan fingerprint density at radius 3 is 2.92 bits per heavy atom. The highest BCUT2D eigenvalue weighted by Gasteiger charge is 2.13. The molecule has 0 aliphatic heterocycles. The normalized spacial score (nSPS) is 13.1. The molecule has 0 radical (unpaired) electrons. The molecule has 0 aromatic heterocycles. The van der Waals surface area contributed by atoms with Crippen LogP contribution < -0.4 is 0 Å². The number of fused-ring (bicyclic) bond motifs is 1. The Kier molecular flexibility index (Phi) is 2.24. The fraction of sp³-hybridized carbons (Fsp3) is 0.182. The summed E-state index contributed by atoms with van der Waals surface area (Å²) in [6.45, 7) is 1.63. The predicted octanol–water partition coefficient (Wildman–Crippen LogP) is 3.06. The number of carbonyl (C=O) groups is 1. The van der Waals surface area contributed by atoms with Crippen molar-refractivity contribution in [3.05, 3.63) is 38.5 Å². The number of halogens is 1. The standard InChI is InChI=1S/C11H9IO/c1-7(13)11-6-9(12)5-8-3-2-4-10(8)11/h2-3,5-6H,4H2,1H3. The van der Waals surface area contributed by atoms with Crippen LogP contribution in [0.25, 0.3) is 6.08 Å². The van der Waals surface area contributed by atoms with E-state index in [2.05, 4.69) is 40.8 Å². The third kappa shape index (κ3) is 1.55. The number of ketones is 1. The number of hydrogen-bond acceptors (Lipinski definition) is 1. The van der Waals surface area contributed by atoms with Gasteiger partial charge in [-0.2, -0.15) is 0 Å².